The molecule has 0 fully saturated rings. The molecule has 9 nitrogen and oxygen atoms in total. The number of carbonyl (C=O) groups is 2. The zero-order valence-electron chi connectivity index (χ0n) is 25.4. The molecule has 10 heteroatoms. The summed E-state index contributed by atoms with van der Waals surface area (Å²) in [6.07, 6.45) is 18.5. The Kier molecular flexibility index (Phi) is 24.4. The molecular weight excluding hydrogens is 521 g/mol. The number of aldehydes is 1. The van der Waals surface area contributed by atoms with Gasteiger partial charge in [-0.25, -0.2) is 0 Å². The summed E-state index contributed by atoms with van der Waals surface area (Å²) in [5, 5.41) is 0. The van der Waals surface area contributed by atoms with Crippen LogP contribution in [-0.2, 0) is 32.7 Å². The van der Waals surface area contributed by atoms with Crippen molar-refractivity contribution in [2.75, 3.05) is 54.1 Å². The van der Waals surface area contributed by atoms with Gasteiger partial charge < -0.3 is 32.7 Å². The molecule has 0 saturated heterocycles. The van der Waals surface area contributed by atoms with Crippen LogP contribution in [0.25, 0.3) is 0 Å². The number of likely N-dealkylation sites (N-methyl/N-ethyl adjacent to an activating group) is 1. The van der Waals surface area contributed by atoms with Gasteiger partial charge in [0.25, 0.3) is 7.82 Å². The SMILES string of the molecule is CCCCCCCCCCCCCCCCOCC(COP(=O)([O-])OCC[N+](C)(C)C)OC(=O)CCCC=O. The van der Waals surface area contributed by atoms with Gasteiger partial charge in [-0.2, -0.15) is 0 Å². The molecule has 0 aromatic rings. The lowest BCUT2D eigenvalue weighted by molar-refractivity contribution is -0.870. The number of phosphoric acid groups is 1. The lowest BCUT2D eigenvalue weighted by Crippen LogP contribution is -2.37. The second kappa shape index (κ2) is 24.9. The number of carbonyl (C=O) groups excluding carboxylic acids is 2. The van der Waals surface area contributed by atoms with E-state index in [-0.39, 0.29) is 32.7 Å². The summed E-state index contributed by atoms with van der Waals surface area (Å²) in [4.78, 5) is 34.6. The van der Waals surface area contributed by atoms with Gasteiger partial charge in [0.05, 0.1) is 34.4 Å². The molecule has 0 bridgehead atoms. The molecule has 39 heavy (non-hydrogen) atoms. The van der Waals surface area contributed by atoms with Crippen molar-refractivity contribution in [3.05, 3.63) is 0 Å². The minimum absolute atomic E-state index is 0.00392. The minimum atomic E-state index is -4.53. The summed E-state index contributed by atoms with van der Waals surface area (Å²) in [7, 11) is 1.25. The number of nitrogens with zero attached hydrogens (tertiary/aromatic N) is 1. The van der Waals surface area contributed by atoms with Gasteiger partial charge >= 0.3 is 5.97 Å². The third kappa shape index (κ3) is 28.5. The van der Waals surface area contributed by atoms with Crippen LogP contribution in [0.1, 0.15) is 116 Å². The standard InChI is InChI=1S/C29H58NO8P/c1-5-6-7-8-9-10-11-12-13-14-15-16-17-20-24-35-26-28(38-29(32)21-18-19-23-31)27-37-39(33,34)36-25-22-30(2,3)4/h23,28H,5-22,24-27H2,1-4H3. The highest BCUT2D eigenvalue weighted by molar-refractivity contribution is 7.45. The first-order valence-electron chi connectivity index (χ1n) is 15.2. The molecule has 0 aromatic carbocycles. The summed E-state index contributed by atoms with van der Waals surface area (Å²) in [5.74, 6) is -0.516. The van der Waals surface area contributed by atoms with E-state index in [4.69, 9.17) is 18.5 Å². The van der Waals surface area contributed by atoms with Crippen LogP contribution < -0.4 is 4.89 Å². The fraction of sp³-hybridized carbons (Fsp3) is 0.931. The van der Waals surface area contributed by atoms with E-state index in [0.29, 0.717) is 24.1 Å². The molecule has 2 atom stereocenters. The Bertz CT molecular complexity index is 641. The van der Waals surface area contributed by atoms with E-state index in [0.717, 1.165) is 19.1 Å². The highest BCUT2D eigenvalue weighted by Gasteiger charge is 2.20. The summed E-state index contributed by atoms with van der Waals surface area (Å²) >= 11 is 0. The maximum Gasteiger partial charge on any atom is 0.306 e. The maximum atomic E-state index is 12.1. The van der Waals surface area contributed by atoms with Gasteiger partial charge in [-0.3, -0.25) is 9.36 Å². The number of ether oxygens (including phenoxy) is 2. The van der Waals surface area contributed by atoms with Crippen LogP contribution in [0.5, 0.6) is 0 Å². The van der Waals surface area contributed by atoms with E-state index in [1.807, 2.05) is 21.1 Å². The van der Waals surface area contributed by atoms with Crippen molar-refractivity contribution < 1.29 is 42.1 Å². The smallest absolute Gasteiger partial charge is 0.306 e. The predicted molar refractivity (Wildman–Crippen MR) is 153 cm³/mol. The fourth-order valence-electron chi connectivity index (χ4n) is 3.94. The van der Waals surface area contributed by atoms with E-state index < -0.39 is 19.9 Å². The monoisotopic (exact) mass is 579 g/mol. The molecule has 2 unspecified atom stereocenters. The molecule has 0 amide bonds. The first kappa shape index (κ1) is 38.2. The van der Waals surface area contributed by atoms with Gasteiger partial charge in [-0.15, -0.1) is 0 Å². The highest BCUT2D eigenvalue weighted by Crippen LogP contribution is 2.38. The number of phosphoric ester groups is 1. The Balaban J connectivity index is 4.10. The average Bonchev–Trinajstić information content (AvgIpc) is 2.86. The van der Waals surface area contributed by atoms with Gasteiger partial charge in [-0.1, -0.05) is 90.4 Å². The van der Waals surface area contributed by atoms with Crippen molar-refractivity contribution in [2.24, 2.45) is 0 Å². The summed E-state index contributed by atoms with van der Waals surface area (Å²) in [6, 6.07) is 0. The van der Waals surface area contributed by atoms with Crippen molar-refractivity contribution >= 4 is 20.1 Å². The van der Waals surface area contributed by atoms with E-state index >= 15 is 0 Å². The van der Waals surface area contributed by atoms with Crippen LogP contribution >= 0.6 is 7.82 Å². The first-order valence-corrected chi connectivity index (χ1v) is 16.7. The molecule has 0 rings (SSSR count). The number of hydrogen-bond acceptors (Lipinski definition) is 8. The molecule has 0 spiro atoms. The summed E-state index contributed by atoms with van der Waals surface area (Å²) in [6.45, 7) is 2.92. The van der Waals surface area contributed by atoms with Crippen LogP contribution in [0, 0.1) is 0 Å². The van der Waals surface area contributed by atoms with Crippen LogP contribution in [0.4, 0.5) is 0 Å². The molecule has 232 valence electrons. The third-order valence-electron chi connectivity index (χ3n) is 6.38. The van der Waals surface area contributed by atoms with Gasteiger partial charge in [0.15, 0.2) is 0 Å². The molecule has 0 heterocycles. The van der Waals surface area contributed by atoms with E-state index in [9.17, 15) is 19.0 Å². The predicted octanol–water partition coefficient (Wildman–Crippen LogP) is 5.97. The molecule has 0 aliphatic heterocycles. The molecule has 0 aliphatic rings. The topological polar surface area (TPSA) is 111 Å². The van der Waals surface area contributed by atoms with E-state index in [2.05, 4.69) is 6.92 Å². The maximum absolute atomic E-state index is 12.1. The lowest BCUT2D eigenvalue weighted by Gasteiger charge is -2.28. The molecule has 0 N–H and O–H groups in total. The van der Waals surface area contributed by atoms with Crippen LogP contribution in [0.15, 0.2) is 0 Å². The van der Waals surface area contributed by atoms with E-state index in [1.165, 1.54) is 77.0 Å². The van der Waals surface area contributed by atoms with Gasteiger partial charge in [-0.05, 0) is 12.8 Å². The van der Waals surface area contributed by atoms with Crippen LogP contribution in [0.2, 0.25) is 0 Å². The normalized spacial score (nSPS) is 14.2. The van der Waals surface area contributed by atoms with Crippen molar-refractivity contribution in [1.82, 2.24) is 0 Å². The molecular formula is C29H58NO8P. The van der Waals surface area contributed by atoms with E-state index in [1.54, 1.807) is 0 Å². The van der Waals surface area contributed by atoms with Crippen molar-refractivity contribution in [3.8, 4) is 0 Å². The third-order valence-corrected chi connectivity index (χ3v) is 7.34. The number of quaternary nitrogens is 1. The lowest BCUT2D eigenvalue weighted by atomic mass is 10.0. The number of hydrogen-bond donors (Lipinski definition) is 0. The summed E-state index contributed by atoms with van der Waals surface area (Å²) < 4.78 is 33.6. The Labute approximate surface area is 238 Å². The van der Waals surface area contributed by atoms with Crippen LogP contribution in [-0.4, -0.2) is 77.0 Å². The number of esters is 1. The Morgan fingerprint density at radius 3 is 1.85 bits per heavy atom. The minimum Gasteiger partial charge on any atom is -0.756 e. The number of rotatable bonds is 29. The average molecular weight is 580 g/mol. The highest BCUT2D eigenvalue weighted by atomic mass is 31.2. The quantitative estimate of drug-likeness (QED) is 0.0350. The zero-order valence-corrected chi connectivity index (χ0v) is 26.3. The Morgan fingerprint density at radius 2 is 1.33 bits per heavy atom. The van der Waals surface area contributed by atoms with Crippen molar-refractivity contribution in [2.45, 2.75) is 122 Å². The zero-order chi connectivity index (χ0) is 29.2. The molecule has 0 aromatic heterocycles. The second-order valence-corrected chi connectivity index (χ2v) is 12.8. The largest absolute Gasteiger partial charge is 0.756 e. The molecule has 0 radical (unpaired) electrons. The Hall–Kier alpha value is -0.830. The first-order chi connectivity index (χ1) is 18.6. The van der Waals surface area contributed by atoms with Gasteiger partial charge in [0.2, 0.25) is 0 Å². The van der Waals surface area contributed by atoms with Crippen molar-refractivity contribution in [1.29, 1.82) is 0 Å². The molecule has 0 aliphatic carbocycles. The van der Waals surface area contributed by atoms with Crippen molar-refractivity contribution in [3.63, 3.8) is 0 Å². The van der Waals surface area contributed by atoms with Crippen LogP contribution in [0.3, 0.4) is 0 Å². The number of unbranched alkanes of at least 4 members (excludes halogenated alkanes) is 14. The molecule has 0 saturated carbocycles. The fourth-order valence-corrected chi connectivity index (χ4v) is 4.67. The van der Waals surface area contributed by atoms with Gasteiger partial charge in [0.1, 0.15) is 25.5 Å². The second-order valence-electron chi connectivity index (χ2n) is 11.4. The summed E-state index contributed by atoms with van der Waals surface area (Å²) in [5.41, 5.74) is 0. The Morgan fingerprint density at radius 1 is 0.795 bits per heavy atom. The van der Waals surface area contributed by atoms with Gasteiger partial charge in [0, 0.05) is 19.4 Å².